The monoisotopic (exact) mass is 544 g/mol. The van der Waals surface area contributed by atoms with Crippen molar-refractivity contribution < 1.29 is 14.3 Å². The number of fused-ring (bicyclic) bond motifs is 1. The van der Waals surface area contributed by atoms with Crippen LogP contribution in [-0.4, -0.2) is 17.1 Å². The average Bonchev–Trinajstić information content (AvgIpc) is 3.23. The van der Waals surface area contributed by atoms with Crippen molar-refractivity contribution >= 4 is 35.0 Å². The third kappa shape index (κ3) is 5.35. The second kappa shape index (κ2) is 11.2. The third-order valence-corrected chi connectivity index (χ3v) is 7.36. The number of hydrogen-bond donors (Lipinski definition) is 0. The van der Waals surface area contributed by atoms with Gasteiger partial charge < -0.3 is 9.47 Å². The molecule has 0 aliphatic carbocycles. The van der Waals surface area contributed by atoms with Crippen molar-refractivity contribution in [2.75, 3.05) is 6.61 Å². The van der Waals surface area contributed by atoms with Crippen LogP contribution in [0.1, 0.15) is 36.6 Å². The van der Waals surface area contributed by atoms with E-state index in [1.807, 2.05) is 84.9 Å². The minimum Gasteiger partial charge on any atom is -0.489 e. The van der Waals surface area contributed by atoms with E-state index in [1.54, 1.807) is 18.4 Å². The number of hydrogen-bond acceptors (Lipinski definition) is 6. The fourth-order valence-electron chi connectivity index (χ4n) is 4.30. The van der Waals surface area contributed by atoms with Gasteiger partial charge >= 0.3 is 5.97 Å². The number of carbonyl (C=O) groups excluding carboxylic acids is 1. The summed E-state index contributed by atoms with van der Waals surface area (Å²) < 4.78 is 13.3. The number of allylic oxidation sites excluding steroid dienone is 1. The molecule has 1 atom stereocenters. The molecule has 38 heavy (non-hydrogen) atoms. The van der Waals surface area contributed by atoms with Crippen LogP contribution in [-0.2, 0) is 16.1 Å². The van der Waals surface area contributed by atoms with E-state index in [0.717, 1.165) is 22.4 Å². The Morgan fingerprint density at radius 1 is 1.05 bits per heavy atom. The number of halogens is 1. The van der Waals surface area contributed by atoms with Crippen molar-refractivity contribution in [3.05, 3.63) is 132 Å². The Labute approximate surface area is 228 Å². The van der Waals surface area contributed by atoms with Crippen LogP contribution in [0.2, 0.25) is 5.02 Å². The van der Waals surface area contributed by atoms with Crippen LogP contribution in [0.25, 0.3) is 6.08 Å². The molecule has 0 spiro atoms. The largest absolute Gasteiger partial charge is 0.489 e. The van der Waals surface area contributed by atoms with Gasteiger partial charge in [-0.25, -0.2) is 9.79 Å². The number of rotatable bonds is 7. The van der Waals surface area contributed by atoms with Crippen LogP contribution in [0.5, 0.6) is 5.75 Å². The number of aromatic nitrogens is 1. The van der Waals surface area contributed by atoms with Gasteiger partial charge in [0, 0.05) is 5.02 Å². The first-order valence-corrected chi connectivity index (χ1v) is 13.4. The molecule has 0 unspecified atom stereocenters. The highest BCUT2D eigenvalue weighted by molar-refractivity contribution is 7.07. The lowest BCUT2D eigenvalue weighted by Crippen LogP contribution is -2.39. The molecule has 0 N–H and O–H groups in total. The van der Waals surface area contributed by atoms with Gasteiger partial charge in [0.1, 0.15) is 12.4 Å². The average molecular weight is 545 g/mol. The van der Waals surface area contributed by atoms with E-state index in [4.69, 9.17) is 21.1 Å². The van der Waals surface area contributed by atoms with E-state index in [9.17, 15) is 9.59 Å². The molecule has 1 aliphatic rings. The van der Waals surface area contributed by atoms with E-state index < -0.39 is 12.0 Å². The van der Waals surface area contributed by atoms with E-state index in [1.165, 1.54) is 11.3 Å². The molecule has 6 nitrogen and oxygen atoms in total. The Hall–Kier alpha value is -3.94. The van der Waals surface area contributed by atoms with Gasteiger partial charge in [0.25, 0.3) is 5.56 Å². The molecule has 0 radical (unpaired) electrons. The summed E-state index contributed by atoms with van der Waals surface area (Å²) in [4.78, 5) is 31.7. The van der Waals surface area contributed by atoms with Crippen LogP contribution in [0.4, 0.5) is 0 Å². The molecule has 0 saturated heterocycles. The minimum absolute atomic E-state index is 0.208. The number of nitrogens with zero attached hydrogens (tertiary/aromatic N) is 2. The van der Waals surface area contributed by atoms with E-state index in [-0.39, 0.29) is 12.2 Å². The lowest BCUT2D eigenvalue weighted by atomic mass is 9.96. The first-order chi connectivity index (χ1) is 18.4. The summed E-state index contributed by atoms with van der Waals surface area (Å²) >= 11 is 7.24. The summed E-state index contributed by atoms with van der Waals surface area (Å²) in [5, 5.41) is 0.686. The second-order valence-electron chi connectivity index (χ2n) is 8.70. The standard InChI is InChI=1S/C30H25ClN2O4S/c1-3-36-29(35)26-19(2)32-30-33(27(26)22-7-5-4-6-8-22)28(34)25(38-30)17-20-11-15-24(16-12-20)37-18-21-9-13-23(31)14-10-21/h4-17,27H,3,18H2,1-2H3/b25-17-/t27-/m0/s1. The molecule has 192 valence electrons. The molecule has 2 heterocycles. The zero-order valence-electron chi connectivity index (χ0n) is 20.9. The van der Waals surface area contributed by atoms with E-state index >= 15 is 0 Å². The highest BCUT2D eigenvalue weighted by atomic mass is 35.5. The summed E-state index contributed by atoms with van der Waals surface area (Å²) in [7, 11) is 0. The molecular weight excluding hydrogens is 520 g/mol. The molecule has 0 bridgehead atoms. The maximum atomic E-state index is 13.7. The van der Waals surface area contributed by atoms with Gasteiger partial charge in [-0.15, -0.1) is 0 Å². The van der Waals surface area contributed by atoms with Crippen molar-refractivity contribution in [1.82, 2.24) is 4.57 Å². The Kier molecular flexibility index (Phi) is 7.58. The lowest BCUT2D eigenvalue weighted by Gasteiger charge is -2.24. The van der Waals surface area contributed by atoms with Gasteiger partial charge in [0.05, 0.1) is 28.5 Å². The second-order valence-corrected chi connectivity index (χ2v) is 10.1. The van der Waals surface area contributed by atoms with Crippen LogP contribution in [0.3, 0.4) is 0 Å². The van der Waals surface area contributed by atoms with Gasteiger partial charge in [0.2, 0.25) is 0 Å². The predicted molar refractivity (Wildman–Crippen MR) is 149 cm³/mol. The Bertz CT molecular complexity index is 1670. The van der Waals surface area contributed by atoms with Crippen molar-refractivity contribution in [1.29, 1.82) is 0 Å². The van der Waals surface area contributed by atoms with Crippen LogP contribution >= 0.6 is 22.9 Å². The molecule has 4 aromatic rings. The molecule has 0 fully saturated rings. The maximum Gasteiger partial charge on any atom is 0.338 e. The first kappa shape index (κ1) is 25.7. The fourth-order valence-corrected chi connectivity index (χ4v) is 5.47. The highest BCUT2D eigenvalue weighted by Gasteiger charge is 2.33. The van der Waals surface area contributed by atoms with Gasteiger partial charge in [-0.3, -0.25) is 9.36 Å². The lowest BCUT2D eigenvalue weighted by molar-refractivity contribution is -0.139. The summed E-state index contributed by atoms with van der Waals surface area (Å²) in [5.41, 5.74) is 3.41. The predicted octanol–water partition coefficient (Wildman–Crippen LogP) is 5.03. The van der Waals surface area contributed by atoms with Crippen molar-refractivity contribution in [2.24, 2.45) is 4.99 Å². The van der Waals surface area contributed by atoms with Crippen molar-refractivity contribution in [3.63, 3.8) is 0 Å². The molecule has 1 aliphatic heterocycles. The summed E-state index contributed by atoms with van der Waals surface area (Å²) in [5.74, 6) is 0.253. The zero-order valence-corrected chi connectivity index (χ0v) is 22.5. The Balaban J connectivity index is 1.47. The van der Waals surface area contributed by atoms with Crippen molar-refractivity contribution in [3.8, 4) is 5.75 Å². The van der Waals surface area contributed by atoms with Gasteiger partial charge in [-0.05, 0) is 60.9 Å². The molecule has 0 amide bonds. The fraction of sp³-hybridized carbons (Fsp3) is 0.167. The third-order valence-electron chi connectivity index (χ3n) is 6.13. The van der Waals surface area contributed by atoms with Crippen LogP contribution in [0.15, 0.2) is 99.9 Å². The number of benzene rings is 3. The number of thiazole rings is 1. The topological polar surface area (TPSA) is 69.9 Å². The molecule has 1 aromatic heterocycles. The molecule has 5 rings (SSSR count). The molecule has 0 saturated carbocycles. The highest BCUT2D eigenvalue weighted by Crippen LogP contribution is 2.30. The van der Waals surface area contributed by atoms with Gasteiger partial charge in [-0.2, -0.15) is 0 Å². The summed E-state index contributed by atoms with van der Waals surface area (Å²) in [6.07, 6.45) is 1.83. The van der Waals surface area contributed by atoms with E-state index in [2.05, 4.69) is 4.99 Å². The van der Waals surface area contributed by atoms with Crippen LogP contribution in [0, 0.1) is 0 Å². The maximum absolute atomic E-state index is 13.7. The molecule has 3 aromatic carbocycles. The van der Waals surface area contributed by atoms with Gasteiger partial charge in [-0.1, -0.05) is 77.5 Å². The Morgan fingerprint density at radius 2 is 1.76 bits per heavy atom. The van der Waals surface area contributed by atoms with E-state index in [0.29, 0.717) is 32.2 Å². The zero-order chi connectivity index (χ0) is 26.6. The van der Waals surface area contributed by atoms with Crippen LogP contribution < -0.4 is 19.6 Å². The summed E-state index contributed by atoms with van der Waals surface area (Å²) in [6.45, 7) is 4.20. The smallest absolute Gasteiger partial charge is 0.338 e. The normalized spacial score (nSPS) is 15.1. The molecular formula is C30H25ClN2O4S. The number of carbonyl (C=O) groups is 1. The quantitative estimate of drug-likeness (QED) is 0.306. The Morgan fingerprint density at radius 3 is 2.45 bits per heavy atom. The minimum atomic E-state index is -0.614. The molecule has 8 heteroatoms. The number of esters is 1. The number of ether oxygens (including phenoxy) is 2. The first-order valence-electron chi connectivity index (χ1n) is 12.2. The summed E-state index contributed by atoms with van der Waals surface area (Å²) in [6, 6.07) is 23.9. The van der Waals surface area contributed by atoms with Crippen molar-refractivity contribution in [2.45, 2.75) is 26.5 Å². The van der Waals surface area contributed by atoms with Gasteiger partial charge in [0.15, 0.2) is 4.80 Å². The SMILES string of the molecule is CCOC(=O)C1=C(C)N=c2s/c(=C\c3ccc(OCc4ccc(Cl)cc4)cc3)c(=O)n2[C@H]1c1ccccc1.